The van der Waals surface area contributed by atoms with Gasteiger partial charge in [0, 0.05) is 112 Å². The van der Waals surface area contributed by atoms with Gasteiger partial charge in [-0.2, -0.15) is 0 Å². The van der Waals surface area contributed by atoms with Gasteiger partial charge in [0.05, 0.1) is 50.3 Å². The van der Waals surface area contributed by atoms with Crippen molar-refractivity contribution in [2.24, 2.45) is 35.5 Å². The van der Waals surface area contributed by atoms with Gasteiger partial charge in [0.1, 0.15) is 0 Å². The molecule has 6 fully saturated rings. The molecule has 2 aromatic rings. The standard InChI is InChI=1S/2C25H35N3O4/c2*1-2-5-18-8-9-20-23-22(25(31)26-10-12-32-13-11-26)19(16-29)21(15-28(20)24(18)30)27(23)14-17-6-3-4-7-17/h2*2,5,8-9,17,19,21-23,29H,3-4,6-7,10-16H2,1H3/b5-2+;5-2-/t2*19-,21-,22+,23+/m11/s1. The van der Waals surface area contributed by atoms with Crippen molar-refractivity contribution in [3.8, 4) is 0 Å². The molecule has 64 heavy (non-hydrogen) atoms. The number of aromatic nitrogens is 2. The molecule has 4 saturated heterocycles. The lowest BCUT2D eigenvalue weighted by molar-refractivity contribution is -0.143. The highest BCUT2D eigenvalue weighted by Crippen LogP contribution is 2.51. The summed E-state index contributed by atoms with van der Waals surface area (Å²) in [6.07, 6.45) is 17.5. The van der Waals surface area contributed by atoms with E-state index in [1.807, 2.05) is 81.4 Å². The van der Waals surface area contributed by atoms with Crippen LogP contribution in [0.25, 0.3) is 12.2 Å². The molecule has 0 radical (unpaired) electrons. The van der Waals surface area contributed by atoms with Gasteiger partial charge < -0.3 is 38.6 Å². The zero-order valence-corrected chi connectivity index (χ0v) is 38.0. The van der Waals surface area contributed by atoms with Gasteiger partial charge >= 0.3 is 0 Å². The summed E-state index contributed by atoms with van der Waals surface area (Å²) in [6.45, 7) is 11.4. The predicted octanol–water partition coefficient (Wildman–Crippen LogP) is 3.79. The maximum atomic E-state index is 13.8. The van der Waals surface area contributed by atoms with Crippen molar-refractivity contribution in [2.75, 3.05) is 78.9 Å². The van der Waals surface area contributed by atoms with Crippen molar-refractivity contribution in [1.82, 2.24) is 28.7 Å². The zero-order valence-electron chi connectivity index (χ0n) is 38.0. The number of fused-ring (bicyclic) bond motifs is 8. The maximum absolute atomic E-state index is 13.8. The number of rotatable bonds is 10. The number of carbonyl (C=O) groups excluding carboxylic acids is 2. The van der Waals surface area contributed by atoms with Crippen LogP contribution in [0, 0.1) is 35.5 Å². The fourth-order valence-corrected chi connectivity index (χ4v) is 13.1. The average Bonchev–Trinajstić information content (AvgIpc) is 4.12. The monoisotopic (exact) mass is 883 g/mol. The SMILES string of the molecule is C/C=C/c1ccc2n(c1=O)C[C@@H]1[C@@H](CO)[C@H](C(=O)N3CCOCC3)[C@H]2N1CC1CCCC1.C/C=C\c1ccc2n(c1=O)C[C@@H]1[C@@H](CO)[C@H](C(=O)N3CCOCC3)[C@H]2N1CC1CCCC1. The molecule has 2 N–H and O–H groups in total. The summed E-state index contributed by atoms with van der Waals surface area (Å²) in [5, 5.41) is 21.0. The molecule has 8 atom stereocenters. The van der Waals surface area contributed by atoms with Gasteiger partial charge in [0.2, 0.25) is 11.8 Å². The van der Waals surface area contributed by atoms with Crippen LogP contribution in [0.15, 0.2) is 46.0 Å². The largest absolute Gasteiger partial charge is 0.396 e. The summed E-state index contributed by atoms with van der Waals surface area (Å²) < 4.78 is 14.7. The molecule has 348 valence electrons. The normalized spacial score (nSPS) is 30.9. The lowest BCUT2D eigenvalue weighted by Gasteiger charge is -2.40. The Hall–Kier alpha value is -3.92. The van der Waals surface area contributed by atoms with E-state index in [1.165, 1.54) is 51.4 Å². The molecular weight excluding hydrogens is 813 g/mol. The molecule has 2 aliphatic carbocycles. The van der Waals surface area contributed by atoms with Crippen LogP contribution in [0.2, 0.25) is 0 Å². The summed E-state index contributed by atoms with van der Waals surface area (Å²) in [4.78, 5) is 62.9. The van der Waals surface area contributed by atoms with Crippen LogP contribution in [-0.2, 0) is 32.2 Å². The van der Waals surface area contributed by atoms with Crippen molar-refractivity contribution in [3.63, 3.8) is 0 Å². The number of hydrogen-bond acceptors (Lipinski definition) is 10. The van der Waals surface area contributed by atoms with E-state index >= 15 is 0 Å². The number of allylic oxidation sites excluding steroid dienone is 2. The van der Waals surface area contributed by atoms with E-state index in [2.05, 4.69) is 9.80 Å². The Bertz CT molecular complexity index is 2010. The number of hydrogen-bond donors (Lipinski definition) is 2. The minimum absolute atomic E-state index is 0.00615. The molecule has 14 heteroatoms. The highest BCUT2D eigenvalue weighted by atomic mass is 16.5. The molecule has 8 heterocycles. The lowest BCUT2D eigenvalue weighted by Crippen LogP contribution is -2.48. The molecule has 2 aromatic heterocycles. The van der Waals surface area contributed by atoms with Gasteiger partial charge in [-0.15, -0.1) is 0 Å². The van der Waals surface area contributed by atoms with Gasteiger partial charge in [0.25, 0.3) is 11.1 Å². The van der Waals surface area contributed by atoms with Crippen molar-refractivity contribution in [1.29, 1.82) is 0 Å². The fourth-order valence-electron chi connectivity index (χ4n) is 13.1. The molecular formula is C50H70N6O8. The van der Waals surface area contributed by atoms with Crippen LogP contribution in [0.4, 0.5) is 0 Å². The van der Waals surface area contributed by atoms with Crippen molar-refractivity contribution in [3.05, 3.63) is 79.6 Å². The topological polar surface area (TPSA) is 150 Å². The quantitative estimate of drug-likeness (QED) is 0.361. The number of amides is 2. The first kappa shape index (κ1) is 45.2. The number of aliphatic hydroxyl groups excluding tert-OH is 2. The fraction of sp³-hybridized carbons (Fsp3) is 0.680. The second kappa shape index (κ2) is 19.9. The van der Waals surface area contributed by atoms with E-state index in [9.17, 15) is 29.4 Å². The van der Waals surface area contributed by atoms with Gasteiger partial charge in [-0.25, -0.2) is 0 Å². The second-order valence-electron chi connectivity index (χ2n) is 19.6. The van der Waals surface area contributed by atoms with E-state index < -0.39 is 0 Å². The van der Waals surface area contributed by atoms with Crippen LogP contribution in [0.3, 0.4) is 0 Å². The van der Waals surface area contributed by atoms with Crippen LogP contribution in [0.5, 0.6) is 0 Å². The summed E-state index contributed by atoms with van der Waals surface area (Å²) in [7, 11) is 0. The number of carbonyl (C=O) groups is 2. The van der Waals surface area contributed by atoms with E-state index in [1.54, 1.807) is 0 Å². The Morgan fingerprint density at radius 3 is 1.33 bits per heavy atom. The van der Waals surface area contributed by atoms with Crippen molar-refractivity contribution < 1.29 is 29.3 Å². The van der Waals surface area contributed by atoms with E-state index in [0.717, 1.165) is 24.5 Å². The van der Waals surface area contributed by atoms with Gasteiger partial charge in [-0.3, -0.25) is 29.0 Å². The molecule has 0 aromatic carbocycles. The second-order valence-corrected chi connectivity index (χ2v) is 19.6. The Kier molecular flexibility index (Phi) is 14.1. The van der Waals surface area contributed by atoms with Crippen LogP contribution >= 0.6 is 0 Å². The Morgan fingerprint density at radius 2 is 0.984 bits per heavy atom. The number of morpholine rings is 2. The molecule has 10 rings (SSSR count). The highest BCUT2D eigenvalue weighted by molar-refractivity contribution is 5.82. The zero-order chi connectivity index (χ0) is 44.5. The van der Waals surface area contributed by atoms with Crippen LogP contribution in [0.1, 0.15) is 99.8 Å². The Balaban J connectivity index is 0.000000162. The van der Waals surface area contributed by atoms with Crippen LogP contribution in [-0.4, -0.2) is 142 Å². The van der Waals surface area contributed by atoms with Crippen molar-refractivity contribution in [2.45, 2.75) is 102 Å². The van der Waals surface area contributed by atoms with E-state index in [0.29, 0.717) is 88.7 Å². The van der Waals surface area contributed by atoms with Gasteiger partial charge in [-0.1, -0.05) is 50.0 Å². The summed E-state index contributed by atoms with van der Waals surface area (Å²) in [6, 6.07) is 7.56. The summed E-state index contributed by atoms with van der Waals surface area (Å²) in [5.74, 6) is 0.497. The molecule has 14 nitrogen and oxygen atoms in total. The lowest BCUT2D eigenvalue weighted by atomic mass is 9.86. The third kappa shape index (κ3) is 8.40. The summed E-state index contributed by atoms with van der Waals surface area (Å²) in [5.41, 5.74) is 3.23. The number of pyridine rings is 2. The first-order valence-electron chi connectivity index (χ1n) is 24.5. The average molecular weight is 883 g/mol. The third-order valence-corrected chi connectivity index (χ3v) is 16.2. The third-order valence-electron chi connectivity index (χ3n) is 16.2. The van der Waals surface area contributed by atoms with Gasteiger partial charge in [-0.05, 0) is 75.6 Å². The minimum Gasteiger partial charge on any atom is -0.396 e. The minimum atomic E-state index is -0.328. The number of nitrogens with zero attached hydrogens (tertiary/aromatic N) is 6. The molecule has 8 aliphatic rings. The molecule has 0 spiro atoms. The molecule has 4 bridgehead atoms. The molecule has 2 saturated carbocycles. The first-order valence-corrected chi connectivity index (χ1v) is 24.5. The number of aliphatic hydroxyl groups is 2. The molecule has 2 amide bonds. The van der Waals surface area contributed by atoms with E-state index in [-0.39, 0.29) is 84.0 Å². The number of ether oxygens (including phenoxy) is 2. The maximum Gasteiger partial charge on any atom is 0.258 e. The smallest absolute Gasteiger partial charge is 0.258 e. The molecule has 0 unspecified atom stereocenters. The van der Waals surface area contributed by atoms with Crippen LogP contribution < -0.4 is 11.1 Å². The molecule has 6 aliphatic heterocycles. The predicted molar refractivity (Wildman–Crippen MR) is 244 cm³/mol. The highest BCUT2D eigenvalue weighted by Gasteiger charge is 2.58. The van der Waals surface area contributed by atoms with Crippen molar-refractivity contribution >= 4 is 24.0 Å². The summed E-state index contributed by atoms with van der Waals surface area (Å²) >= 11 is 0. The Labute approximate surface area is 377 Å². The van der Waals surface area contributed by atoms with Gasteiger partial charge in [0.15, 0.2) is 0 Å². The first-order chi connectivity index (χ1) is 31.3. The Morgan fingerprint density at radius 1 is 0.609 bits per heavy atom. The van der Waals surface area contributed by atoms with E-state index in [4.69, 9.17) is 9.47 Å².